The number of hydrogen-bond acceptors (Lipinski definition) is 6. The monoisotopic (exact) mass is 390 g/mol. The molecule has 138 valence electrons. The first kappa shape index (κ1) is 20.4. The molecule has 2 aromatic carbocycles. The molecule has 0 aliphatic heterocycles. The van der Waals surface area contributed by atoms with Crippen LogP contribution in [-0.4, -0.2) is 25.2 Å². The number of esters is 2. The Morgan fingerprint density at radius 2 is 1.19 bits per heavy atom. The molecule has 2 aromatic rings. The van der Waals surface area contributed by atoms with Crippen LogP contribution in [-0.2, 0) is 19.1 Å². The van der Waals surface area contributed by atoms with E-state index in [2.05, 4.69) is 25.3 Å². The Labute approximate surface area is 164 Å². The van der Waals surface area contributed by atoms with Gasteiger partial charge in [-0.3, -0.25) is 9.59 Å². The summed E-state index contributed by atoms with van der Waals surface area (Å²) in [7, 11) is 0. The maximum atomic E-state index is 12.1. The molecular formula is C20H22O4S2. The number of carbonyl (C=O) groups is 2. The van der Waals surface area contributed by atoms with Crippen molar-refractivity contribution in [3.63, 3.8) is 0 Å². The molecule has 0 heterocycles. The third kappa shape index (κ3) is 5.81. The van der Waals surface area contributed by atoms with Gasteiger partial charge < -0.3 is 9.47 Å². The highest BCUT2D eigenvalue weighted by Gasteiger charge is 2.19. The van der Waals surface area contributed by atoms with Crippen molar-refractivity contribution in [2.75, 3.05) is 13.2 Å². The van der Waals surface area contributed by atoms with E-state index in [1.54, 1.807) is 13.8 Å². The quantitative estimate of drug-likeness (QED) is 0.421. The van der Waals surface area contributed by atoms with Crippen LogP contribution in [0.3, 0.4) is 0 Å². The second-order valence-corrected chi connectivity index (χ2v) is 7.00. The van der Waals surface area contributed by atoms with E-state index in [9.17, 15) is 9.59 Å². The standard InChI is InChI=1S/C20H22O4S2/c1-13(15-5-3-7-17(25)11-15)19(21)23-9-10-24-20(22)14(2)16-6-4-8-18(26)12-16/h3-8,11-14,25-26H,9-10H2,1-2H3. The van der Waals surface area contributed by atoms with Gasteiger partial charge in [-0.1, -0.05) is 24.3 Å². The zero-order valence-corrected chi connectivity index (χ0v) is 16.5. The van der Waals surface area contributed by atoms with Gasteiger partial charge in [-0.05, 0) is 49.2 Å². The first-order valence-electron chi connectivity index (χ1n) is 8.29. The van der Waals surface area contributed by atoms with Crippen molar-refractivity contribution in [2.24, 2.45) is 0 Å². The number of thiol groups is 2. The van der Waals surface area contributed by atoms with E-state index in [4.69, 9.17) is 9.47 Å². The Kier molecular flexibility index (Phi) is 7.60. The summed E-state index contributed by atoms with van der Waals surface area (Å²) in [6.07, 6.45) is 0. The fourth-order valence-corrected chi connectivity index (χ4v) is 2.87. The Bertz CT molecular complexity index is 710. The van der Waals surface area contributed by atoms with Gasteiger partial charge in [-0.15, -0.1) is 25.3 Å². The van der Waals surface area contributed by atoms with Gasteiger partial charge in [0.25, 0.3) is 0 Å². The van der Waals surface area contributed by atoms with Gasteiger partial charge in [0.2, 0.25) is 0 Å². The average Bonchev–Trinajstić information content (AvgIpc) is 2.63. The molecule has 0 radical (unpaired) electrons. The second-order valence-electron chi connectivity index (χ2n) is 5.97. The molecule has 0 aromatic heterocycles. The molecule has 4 nitrogen and oxygen atoms in total. The highest BCUT2D eigenvalue weighted by molar-refractivity contribution is 7.80. The highest BCUT2D eigenvalue weighted by atomic mass is 32.1. The van der Waals surface area contributed by atoms with Gasteiger partial charge in [0.15, 0.2) is 0 Å². The summed E-state index contributed by atoms with van der Waals surface area (Å²) < 4.78 is 10.4. The number of ether oxygens (including phenoxy) is 2. The second kappa shape index (κ2) is 9.69. The Balaban J connectivity index is 1.77. The summed E-state index contributed by atoms with van der Waals surface area (Å²) in [4.78, 5) is 25.8. The molecule has 0 aliphatic rings. The van der Waals surface area contributed by atoms with Gasteiger partial charge >= 0.3 is 11.9 Å². The molecule has 2 rings (SSSR count). The molecule has 6 heteroatoms. The maximum Gasteiger partial charge on any atom is 0.313 e. The van der Waals surface area contributed by atoms with Crippen LogP contribution >= 0.6 is 25.3 Å². The summed E-state index contributed by atoms with van der Waals surface area (Å²) >= 11 is 8.53. The molecule has 0 aliphatic carbocycles. The summed E-state index contributed by atoms with van der Waals surface area (Å²) in [6, 6.07) is 14.7. The van der Waals surface area contributed by atoms with Crippen molar-refractivity contribution in [1.82, 2.24) is 0 Å². The lowest BCUT2D eigenvalue weighted by Crippen LogP contribution is -2.20. The van der Waals surface area contributed by atoms with E-state index in [1.165, 1.54) is 0 Å². The van der Waals surface area contributed by atoms with Crippen molar-refractivity contribution in [2.45, 2.75) is 35.5 Å². The molecule has 2 unspecified atom stereocenters. The van der Waals surface area contributed by atoms with Crippen molar-refractivity contribution in [1.29, 1.82) is 0 Å². The van der Waals surface area contributed by atoms with E-state index in [-0.39, 0.29) is 25.2 Å². The van der Waals surface area contributed by atoms with Crippen LogP contribution in [0.1, 0.15) is 36.8 Å². The van der Waals surface area contributed by atoms with E-state index >= 15 is 0 Å². The largest absolute Gasteiger partial charge is 0.462 e. The summed E-state index contributed by atoms with van der Waals surface area (Å²) in [5.41, 5.74) is 1.67. The Morgan fingerprint density at radius 1 is 0.808 bits per heavy atom. The first-order chi connectivity index (χ1) is 12.4. The molecule has 0 fully saturated rings. The minimum absolute atomic E-state index is 0.0226. The van der Waals surface area contributed by atoms with Crippen LogP contribution in [0, 0.1) is 0 Å². The lowest BCUT2D eigenvalue weighted by molar-refractivity contribution is -0.153. The van der Waals surface area contributed by atoms with E-state index < -0.39 is 11.8 Å². The average molecular weight is 391 g/mol. The van der Waals surface area contributed by atoms with Gasteiger partial charge in [0.1, 0.15) is 13.2 Å². The van der Waals surface area contributed by atoms with Crippen LogP contribution in [0.4, 0.5) is 0 Å². The van der Waals surface area contributed by atoms with Crippen LogP contribution in [0.15, 0.2) is 58.3 Å². The van der Waals surface area contributed by atoms with Crippen molar-refractivity contribution >= 4 is 37.2 Å². The predicted molar refractivity (Wildman–Crippen MR) is 106 cm³/mol. The molecule has 2 atom stereocenters. The van der Waals surface area contributed by atoms with Gasteiger partial charge in [0, 0.05) is 9.79 Å². The topological polar surface area (TPSA) is 52.6 Å². The van der Waals surface area contributed by atoms with Crippen molar-refractivity contribution in [3.8, 4) is 0 Å². The molecule has 0 spiro atoms. The minimum atomic E-state index is -0.408. The predicted octanol–water partition coefficient (Wildman–Crippen LogP) is 4.26. The molecule has 0 amide bonds. The Hall–Kier alpha value is -1.92. The molecule has 0 N–H and O–H groups in total. The van der Waals surface area contributed by atoms with Crippen LogP contribution in [0.2, 0.25) is 0 Å². The van der Waals surface area contributed by atoms with Crippen LogP contribution in [0.5, 0.6) is 0 Å². The summed E-state index contributed by atoms with van der Waals surface area (Å²) in [5, 5.41) is 0. The highest BCUT2D eigenvalue weighted by Crippen LogP contribution is 2.21. The maximum absolute atomic E-state index is 12.1. The lowest BCUT2D eigenvalue weighted by atomic mass is 10.0. The van der Waals surface area contributed by atoms with Crippen LogP contribution in [0.25, 0.3) is 0 Å². The Morgan fingerprint density at radius 3 is 1.54 bits per heavy atom. The van der Waals surface area contributed by atoms with E-state index in [0.29, 0.717) is 0 Å². The fourth-order valence-electron chi connectivity index (χ4n) is 2.39. The zero-order valence-electron chi connectivity index (χ0n) is 14.7. The number of hydrogen-bond donors (Lipinski definition) is 2. The SMILES string of the molecule is CC(C(=O)OCCOC(=O)C(C)c1cccc(S)c1)c1cccc(S)c1. The third-order valence-electron chi connectivity index (χ3n) is 4.02. The van der Waals surface area contributed by atoms with E-state index in [1.807, 2.05) is 48.5 Å². The molecule has 26 heavy (non-hydrogen) atoms. The van der Waals surface area contributed by atoms with E-state index in [0.717, 1.165) is 20.9 Å². The number of benzene rings is 2. The summed E-state index contributed by atoms with van der Waals surface area (Å²) in [6.45, 7) is 3.58. The van der Waals surface area contributed by atoms with Crippen molar-refractivity contribution in [3.05, 3.63) is 59.7 Å². The summed E-state index contributed by atoms with van der Waals surface area (Å²) in [5.74, 6) is -1.55. The normalized spacial score (nSPS) is 12.9. The molecule has 0 saturated heterocycles. The zero-order chi connectivity index (χ0) is 19.1. The third-order valence-corrected chi connectivity index (χ3v) is 4.58. The first-order valence-corrected chi connectivity index (χ1v) is 9.19. The van der Waals surface area contributed by atoms with Crippen LogP contribution < -0.4 is 0 Å². The van der Waals surface area contributed by atoms with Gasteiger partial charge in [-0.25, -0.2) is 0 Å². The number of rotatable bonds is 7. The molecular weight excluding hydrogens is 368 g/mol. The number of carbonyl (C=O) groups excluding carboxylic acids is 2. The smallest absolute Gasteiger partial charge is 0.313 e. The van der Waals surface area contributed by atoms with Gasteiger partial charge in [0.05, 0.1) is 11.8 Å². The minimum Gasteiger partial charge on any atom is -0.462 e. The van der Waals surface area contributed by atoms with Gasteiger partial charge in [-0.2, -0.15) is 0 Å². The lowest BCUT2D eigenvalue weighted by Gasteiger charge is -2.14. The van der Waals surface area contributed by atoms with Crippen molar-refractivity contribution < 1.29 is 19.1 Å². The fraction of sp³-hybridized carbons (Fsp3) is 0.300. The molecule has 0 bridgehead atoms. The molecule has 0 saturated carbocycles.